The van der Waals surface area contributed by atoms with Crippen LogP contribution in [-0.2, 0) is 0 Å². The Morgan fingerprint density at radius 1 is 1.05 bits per heavy atom. The van der Waals surface area contributed by atoms with E-state index in [1.807, 2.05) is 0 Å². The maximum atomic E-state index is 13.3. The molecule has 0 aliphatic heterocycles. The minimum absolute atomic E-state index is 0.000283. The van der Waals surface area contributed by atoms with Gasteiger partial charge < -0.3 is 9.47 Å². The number of ether oxygens (including phenoxy) is 2. The molecule has 0 aliphatic carbocycles. The fourth-order valence-electron chi connectivity index (χ4n) is 1.92. The van der Waals surface area contributed by atoms with Crippen molar-refractivity contribution in [2.75, 3.05) is 14.2 Å². The highest BCUT2D eigenvalue weighted by atomic mass is 19.1. The van der Waals surface area contributed by atoms with Crippen molar-refractivity contribution in [3.8, 4) is 11.5 Å². The summed E-state index contributed by atoms with van der Waals surface area (Å²) in [7, 11) is 2.92. The van der Waals surface area contributed by atoms with Gasteiger partial charge in [-0.05, 0) is 30.3 Å². The van der Waals surface area contributed by atoms with Crippen LogP contribution in [0.3, 0.4) is 0 Å². The van der Waals surface area contributed by atoms with Crippen molar-refractivity contribution in [3.63, 3.8) is 0 Å². The number of halogens is 1. The highest BCUT2D eigenvalue weighted by molar-refractivity contribution is 6.13. The summed E-state index contributed by atoms with van der Waals surface area (Å²) in [5.74, 6) is -0.198. The number of hydrogen-bond acceptors (Lipinski definition) is 4. The number of hydrogen-bond donors (Lipinski definition) is 0. The van der Waals surface area contributed by atoms with Gasteiger partial charge >= 0.3 is 0 Å². The first-order valence-electron chi connectivity index (χ1n) is 6.11. The molecule has 108 valence electrons. The summed E-state index contributed by atoms with van der Waals surface area (Å²) in [4.78, 5) is 23.5. The summed E-state index contributed by atoms with van der Waals surface area (Å²) < 4.78 is 23.5. The van der Waals surface area contributed by atoms with Gasteiger partial charge in [0.15, 0.2) is 12.1 Å². The zero-order chi connectivity index (χ0) is 15.4. The summed E-state index contributed by atoms with van der Waals surface area (Å²) in [5.41, 5.74) is 0.378. The summed E-state index contributed by atoms with van der Waals surface area (Å²) in [5, 5.41) is 0. The van der Waals surface area contributed by atoms with Crippen molar-refractivity contribution in [1.29, 1.82) is 0 Å². The van der Waals surface area contributed by atoms with Crippen LogP contribution < -0.4 is 9.47 Å². The predicted molar refractivity (Wildman–Crippen MR) is 74.8 cm³/mol. The topological polar surface area (TPSA) is 52.6 Å². The van der Waals surface area contributed by atoms with Crippen LogP contribution >= 0.6 is 0 Å². The van der Waals surface area contributed by atoms with Gasteiger partial charge in [-0.2, -0.15) is 0 Å². The first-order valence-corrected chi connectivity index (χ1v) is 6.11. The highest BCUT2D eigenvalue weighted by Gasteiger charge is 2.16. The average Bonchev–Trinajstić information content (AvgIpc) is 2.53. The van der Waals surface area contributed by atoms with Crippen LogP contribution in [0.2, 0.25) is 0 Å². The molecule has 0 N–H and O–H groups in total. The Kier molecular flexibility index (Phi) is 4.33. The molecule has 0 atom stereocenters. The number of benzene rings is 2. The van der Waals surface area contributed by atoms with Gasteiger partial charge in [-0.3, -0.25) is 9.59 Å². The smallest absolute Gasteiger partial charge is 0.194 e. The zero-order valence-electron chi connectivity index (χ0n) is 11.6. The maximum Gasteiger partial charge on any atom is 0.194 e. The molecule has 0 heterocycles. The van der Waals surface area contributed by atoms with E-state index in [2.05, 4.69) is 0 Å². The van der Waals surface area contributed by atoms with E-state index in [4.69, 9.17) is 9.47 Å². The molecular weight excluding hydrogens is 275 g/mol. The summed E-state index contributed by atoms with van der Waals surface area (Å²) >= 11 is 0. The quantitative estimate of drug-likeness (QED) is 0.627. The molecule has 2 rings (SSSR count). The van der Waals surface area contributed by atoms with E-state index in [1.165, 1.54) is 32.4 Å². The third-order valence-corrected chi connectivity index (χ3v) is 3.00. The van der Waals surface area contributed by atoms with Gasteiger partial charge in [-0.15, -0.1) is 0 Å². The van der Waals surface area contributed by atoms with E-state index in [1.54, 1.807) is 6.07 Å². The second kappa shape index (κ2) is 6.17. The van der Waals surface area contributed by atoms with Crippen LogP contribution in [0.4, 0.5) is 4.39 Å². The van der Waals surface area contributed by atoms with Crippen molar-refractivity contribution in [3.05, 3.63) is 58.9 Å². The lowest BCUT2D eigenvalue weighted by Gasteiger charge is -2.09. The molecule has 0 radical (unpaired) electrons. The SMILES string of the molecule is COc1cc(OC)cc(C(=O)c2cc(F)ccc2C=O)c1. The van der Waals surface area contributed by atoms with Crippen LogP contribution in [0.15, 0.2) is 36.4 Å². The van der Waals surface area contributed by atoms with Gasteiger partial charge in [0.05, 0.1) is 14.2 Å². The Hall–Kier alpha value is -2.69. The maximum absolute atomic E-state index is 13.3. The van der Waals surface area contributed by atoms with E-state index in [0.717, 1.165) is 12.1 Å². The summed E-state index contributed by atoms with van der Waals surface area (Å²) in [6.45, 7) is 0. The van der Waals surface area contributed by atoms with Crippen molar-refractivity contribution >= 4 is 12.1 Å². The fraction of sp³-hybridized carbons (Fsp3) is 0.125. The van der Waals surface area contributed by atoms with Crippen molar-refractivity contribution in [2.24, 2.45) is 0 Å². The molecule has 0 aromatic heterocycles. The first kappa shape index (κ1) is 14.7. The minimum atomic E-state index is -0.584. The molecule has 0 amide bonds. The highest BCUT2D eigenvalue weighted by Crippen LogP contribution is 2.25. The normalized spacial score (nSPS) is 10.0. The molecule has 0 bridgehead atoms. The molecule has 0 aliphatic rings. The van der Waals surface area contributed by atoms with Crippen LogP contribution in [0.1, 0.15) is 26.3 Å². The minimum Gasteiger partial charge on any atom is -0.497 e. The lowest BCUT2D eigenvalue weighted by molar-refractivity contribution is 0.102. The van der Waals surface area contributed by atoms with Crippen molar-refractivity contribution < 1.29 is 23.5 Å². The molecule has 21 heavy (non-hydrogen) atoms. The molecule has 5 heteroatoms. The van der Waals surface area contributed by atoms with Gasteiger partial charge in [-0.25, -0.2) is 4.39 Å². The number of carbonyl (C=O) groups excluding carboxylic acids is 2. The second-order valence-electron chi connectivity index (χ2n) is 4.28. The van der Waals surface area contributed by atoms with Crippen LogP contribution in [0.25, 0.3) is 0 Å². The molecule has 2 aromatic rings. The Morgan fingerprint density at radius 3 is 2.19 bits per heavy atom. The van der Waals surface area contributed by atoms with E-state index in [0.29, 0.717) is 17.8 Å². The van der Waals surface area contributed by atoms with Crippen molar-refractivity contribution in [1.82, 2.24) is 0 Å². The van der Waals surface area contributed by atoms with Gasteiger partial charge in [-0.1, -0.05) is 0 Å². The van der Waals surface area contributed by atoms with Gasteiger partial charge in [0.2, 0.25) is 0 Å². The van der Waals surface area contributed by atoms with Gasteiger partial charge in [0.1, 0.15) is 17.3 Å². The molecule has 0 saturated heterocycles. The lowest BCUT2D eigenvalue weighted by atomic mass is 9.98. The van der Waals surface area contributed by atoms with E-state index in [-0.39, 0.29) is 16.7 Å². The zero-order valence-corrected chi connectivity index (χ0v) is 11.6. The lowest BCUT2D eigenvalue weighted by Crippen LogP contribution is -2.06. The molecule has 0 saturated carbocycles. The summed E-state index contributed by atoms with van der Waals surface area (Å²) in [6, 6.07) is 8.06. The molecular formula is C16H13FO4. The van der Waals surface area contributed by atoms with E-state index >= 15 is 0 Å². The first-order chi connectivity index (χ1) is 10.1. The Labute approximate surface area is 121 Å². The number of carbonyl (C=O) groups is 2. The molecule has 0 unspecified atom stereocenters. The number of aldehydes is 1. The standard InChI is InChI=1S/C16H13FO4/c1-20-13-5-11(6-14(8-13)21-2)16(19)15-7-12(17)4-3-10(15)9-18/h3-9H,1-2H3. The number of ketones is 1. The fourth-order valence-corrected chi connectivity index (χ4v) is 1.92. The monoisotopic (exact) mass is 288 g/mol. The van der Waals surface area contributed by atoms with Gasteiger partial charge in [0, 0.05) is 22.8 Å². The Bertz CT molecular complexity index is 672. The van der Waals surface area contributed by atoms with E-state index in [9.17, 15) is 14.0 Å². The number of methoxy groups -OCH3 is 2. The largest absolute Gasteiger partial charge is 0.497 e. The van der Waals surface area contributed by atoms with Crippen LogP contribution in [0.5, 0.6) is 11.5 Å². The molecule has 2 aromatic carbocycles. The van der Waals surface area contributed by atoms with Crippen molar-refractivity contribution in [2.45, 2.75) is 0 Å². The third kappa shape index (κ3) is 3.08. The molecule has 0 fully saturated rings. The molecule has 0 spiro atoms. The Balaban J connectivity index is 2.54. The van der Waals surface area contributed by atoms with Crippen LogP contribution in [-0.4, -0.2) is 26.3 Å². The van der Waals surface area contributed by atoms with Gasteiger partial charge in [0.25, 0.3) is 0 Å². The molecule has 4 nitrogen and oxygen atoms in total. The second-order valence-corrected chi connectivity index (χ2v) is 4.28. The van der Waals surface area contributed by atoms with E-state index < -0.39 is 11.6 Å². The average molecular weight is 288 g/mol. The number of rotatable bonds is 5. The Morgan fingerprint density at radius 2 is 1.67 bits per heavy atom. The van der Waals surface area contributed by atoms with Crippen LogP contribution in [0, 0.1) is 5.82 Å². The third-order valence-electron chi connectivity index (χ3n) is 3.00. The summed E-state index contributed by atoms with van der Waals surface area (Å²) in [6.07, 6.45) is 0.518. The predicted octanol–water partition coefficient (Wildman–Crippen LogP) is 2.89.